The largest absolute Gasteiger partial charge is 0.337 e. The fourth-order valence-electron chi connectivity index (χ4n) is 2.13. The van der Waals surface area contributed by atoms with Crippen molar-refractivity contribution in [1.82, 2.24) is 4.90 Å². The lowest BCUT2D eigenvalue weighted by Gasteiger charge is -2.17. The Morgan fingerprint density at radius 2 is 1.62 bits per heavy atom. The topological polar surface area (TPSA) is 44.1 Å². The first-order valence-electron chi connectivity index (χ1n) is 6.97. The summed E-state index contributed by atoms with van der Waals surface area (Å²) in [6.07, 6.45) is 1.01. The number of rotatable bonds is 4. The van der Waals surface area contributed by atoms with Gasteiger partial charge in [-0.25, -0.2) is 0 Å². The van der Waals surface area contributed by atoms with E-state index in [0.717, 1.165) is 12.0 Å². The molecule has 0 saturated heterocycles. The number of amides is 1. The van der Waals surface area contributed by atoms with Gasteiger partial charge in [0.1, 0.15) is 0 Å². The van der Waals surface area contributed by atoms with Crippen molar-refractivity contribution in [2.75, 3.05) is 7.05 Å². The Kier molecular flexibility index (Phi) is 4.73. The predicted octanol–water partition coefficient (Wildman–Crippen LogP) is 3.39. The number of carbonyl (C=O) groups excluding carboxylic acids is 1. The van der Waals surface area contributed by atoms with E-state index in [0.29, 0.717) is 17.7 Å². The van der Waals surface area contributed by atoms with Crippen LogP contribution in [0, 0.1) is 11.3 Å². The van der Waals surface area contributed by atoms with E-state index in [9.17, 15) is 4.79 Å². The summed E-state index contributed by atoms with van der Waals surface area (Å²) in [6, 6.07) is 17.1. The molecule has 2 aromatic carbocycles. The van der Waals surface area contributed by atoms with Crippen LogP contribution in [-0.2, 0) is 13.0 Å². The molecule has 21 heavy (non-hydrogen) atoms. The number of hydrogen-bond donors (Lipinski definition) is 0. The predicted molar refractivity (Wildman–Crippen MR) is 82.8 cm³/mol. The Hall–Kier alpha value is -2.60. The van der Waals surface area contributed by atoms with Crippen LogP contribution in [0.4, 0.5) is 0 Å². The first-order valence-corrected chi connectivity index (χ1v) is 6.97. The van der Waals surface area contributed by atoms with Gasteiger partial charge in [-0.1, -0.05) is 31.2 Å². The van der Waals surface area contributed by atoms with E-state index >= 15 is 0 Å². The first kappa shape index (κ1) is 14.8. The number of carbonyl (C=O) groups is 1. The highest BCUT2D eigenvalue weighted by Gasteiger charge is 2.11. The molecule has 1 amide bonds. The summed E-state index contributed by atoms with van der Waals surface area (Å²) in [5.41, 5.74) is 3.56. The van der Waals surface area contributed by atoms with Gasteiger partial charge in [-0.2, -0.15) is 5.26 Å². The molecule has 0 unspecified atom stereocenters. The fourth-order valence-corrected chi connectivity index (χ4v) is 2.13. The molecule has 2 rings (SSSR count). The summed E-state index contributed by atoms with van der Waals surface area (Å²) in [5, 5.41) is 8.77. The van der Waals surface area contributed by atoms with Gasteiger partial charge in [0, 0.05) is 19.2 Å². The van der Waals surface area contributed by atoms with Crippen molar-refractivity contribution in [2.45, 2.75) is 19.9 Å². The van der Waals surface area contributed by atoms with Crippen LogP contribution in [-0.4, -0.2) is 17.9 Å². The maximum atomic E-state index is 12.3. The van der Waals surface area contributed by atoms with Crippen molar-refractivity contribution < 1.29 is 4.79 Å². The minimum atomic E-state index is -0.0425. The van der Waals surface area contributed by atoms with Crippen molar-refractivity contribution in [3.63, 3.8) is 0 Å². The second-order valence-corrected chi connectivity index (χ2v) is 5.02. The van der Waals surface area contributed by atoms with Gasteiger partial charge in [-0.3, -0.25) is 4.79 Å². The van der Waals surface area contributed by atoms with Crippen molar-refractivity contribution in [3.05, 3.63) is 70.8 Å². The molecule has 0 fully saturated rings. The van der Waals surface area contributed by atoms with Crippen LogP contribution >= 0.6 is 0 Å². The average Bonchev–Trinajstić information content (AvgIpc) is 2.55. The highest BCUT2D eigenvalue weighted by molar-refractivity contribution is 5.94. The van der Waals surface area contributed by atoms with Crippen molar-refractivity contribution in [3.8, 4) is 6.07 Å². The highest BCUT2D eigenvalue weighted by atomic mass is 16.2. The van der Waals surface area contributed by atoms with Crippen LogP contribution < -0.4 is 0 Å². The number of benzene rings is 2. The Morgan fingerprint density at radius 1 is 1.05 bits per heavy atom. The summed E-state index contributed by atoms with van der Waals surface area (Å²) in [6.45, 7) is 2.69. The Balaban J connectivity index is 2.05. The minimum absolute atomic E-state index is 0.0425. The van der Waals surface area contributed by atoms with Crippen molar-refractivity contribution in [1.29, 1.82) is 5.26 Å². The summed E-state index contributed by atoms with van der Waals surface area (Å²) < 4.78 is 0. The maximum Gasteiger partial charge on any atom is 0.253 e. The molecular formula is C18H18N2O. The van der Waals surface area contributed by atoms with Crippen LogP contribution in [0.3, 0.4) is 0 Å². The molecule has 0 atom stereocenters. The van der Waals surface area contributed by atoms with Gasteiger partial charge in [0.05, 0.1) is 11.6 Å². The quantitative estimate of drug-likeness (QED) is 0.860. The summed E-state index contributed by atoms with van der Waals surface area (Å²) in [4.78, 5) is 14.0. The number of nitriles is 1. The molecular weight excluding hydrogens is 260 g/mol. The first-order chi connectivity index (χ1) is 10.1. The summed E-state index contributed by atoms with van der Waals surface area (Å²) >= 11 is 0. The third-order valence-corrected chi connectivity index (χ3v) is 3.46. The molecule has 0 spiro atoms. The Morgan fingerprint density at radius 3 is 2.14 bits per heavy atom. The van der Waals surface area contributed by atoms with Crippen LogP contribution in [0.1, 0.15) is 34.0 Å². The molecule has 0 saturated carbocycles. The molecule has 0 aliphatic heterocycles. The van der Waals surface area contributed by atoms with Gasteiger partial charge in [-0.15, -0.1) is 0 Å². The van der Waals surface area contributed by atoms with Crippen LogP contribution in [0.5, 0.6) is 0 Å². The molecule has 0 bridgehead atoms. The summed E-state index contributed by atoms with van der Waals surface area (Å²) in [5.74, 6) is -0.0425. The van der Waals surface area contributed by atoms with Crippen LogP contribution in [0.25, 0.3) is 0 Å². The lowest BCUT2D eigenvalue weighted by atomic mass is 10.1. The Labute approximate surface area is 125 Å². The van der Waals surface area contributed by atoms with Gasteiger partial charge in [0.15, 0.2) is 0 Å². The molecule has 0 aliphatic rings. The van der Waals surface area contributed by atoms with Crippen molar-refractivity contribution >= 4 is 5.91 Å². The number of aryl methyl sites for hydroxylation is 1. The van der Waals surface area contributed by atoms with Gasteiger partial charge in [0.2, 0.25) is 0 Å². The molecule has 0 N–H and O–H groups in total. The van der Waals surface area contributed by atoms with E-state index in [-0.39, 0.29) is 5.91 Å². The van der Waals surface area contributed by atoms with E-state index in [1.165, 1.54) is 5.56 Å². The molecule has 0 aliphatic carbocycles. The van der Waals surface area contributed by atoms with Gasteiger partial charge < -0.3 is 4.90 Å². The number of hydrogen-bond acceptors (Lipinski definition) is 2. The van der Waals surface area contributed by atoms with Crippen LogP contribution in [0.15, 0.2) is 48.5 Å². The summed E-state index contributed by atoms with van der Waals surface area (Å²) in [7, 11) is 1.79. The van der Waals surface area contributed by atoms with E-state index in [2.05, 4.69) is 31.2 Å². The zero-order chi connectivity index (χ0) is 15.2. The SMILES string of the molecule is CCc1ccc(CN(C)C(=O)c2ccc(C#N)cc2)cc1. The van der Waals surface area contributed by atoms with Gasteiger partial charge >= 0.3 is 0 Å². The van der Waals surface area contributed by atoms with E-state index in [1.54, 1.807) is 36.2 Å². The second kappa shape index (κ2) is 6.71. The third-order valence-electron chi connectivity index (χ3n) is 3.46. The van der Waals surface area contributed by atoms with Crippen molar-refractivity contribution in [2.24, 2.45) is 0 Å². The van der Waals surface area contributed by atoms with E-state index in [1.807, 2.05) is 6.07 Å². The lowest BCUT2D eigenvalue weighted by Crippen LogP contribution is -2.26. The van der Waals surface area contributed by atoms with E-state index in [4.69, 9.17) is 5.26 Å². The second-order valence-electron chi connectivity index (χ2n) is 5.02. The maximum absolute atomic E-state index is 12.3. The van der Waals surface area contributed by atoms with E-state index < -0.39 is 0 Å². The van der Waals surface area contributed by atoms with Gasteiger partial charge in [0.25, 0.3) is 5.91 Å². The highest BCUT2D eigenvalue weighted by Crippen LogP contribution is 2.11. The monoisotopic (exact) mass is 278 g/mol. The lowest BCUT2D eigenvalue weighted by molar-refractivity contribution is 0.0785. The molecule has 3 nitrogen and oxygen atoms in total. The fraction of sp³-hybridized carbons (Fsp3) is 0.222. The van der Waals surface area contributed by atoms with Gasteiger partial charge in [-0.05, 0) is 41.8 Å². The van der Waals surface area contributed by atoms with Crippen LogP contribution in [0.2, 0.25) is 0 Å². The number of nitrogens with zero attached hydrogens (tertiary/aromatic N) is 2. The average molecular weight is 278 g/mol. The normalized spacial score (nSPS) is 9.95. The standard InChI is InChI=1S/C18H18N2O/c1-3-14-4-6-16(7-5-14)13-20(2)18(21)17-10-8-15(12-19)9-11-17/h4-11H,3,13H2,1-2H3. The molecule has 3 heteroatoms. The third kappa shape index (κ3) is 3.70. The smallest absolute Gasteiger partial charge is 0.253 e. The zero-order valence-corrected chi connectivity index (χ0v) is 12.3. The molecule has 2 aromatic rings. The Bertz CT molecular complexity index is 651. The molecule has 0 heterocycles. The molecule has 0 aromatic heterocycles. The molecule has 106 valence electrons. The molecule has 0 radical (unpaired) electrons. The minimum Gasteiger partial charge on any atom is -0.337 e. The zero-order valence-electron chi connectivity index (χ0n) is 12.3.